The van der Waals surface area contributed by atoms with Crippen LogP contribution in [0.1, 0.15) is 29.7 Å². The lowest BCUT2D eigenvalue weighted by atomic mass is 9.96. The Bertz CT molecular complexity index is 1190. The van der Waals surface area contributed by atoms with Gasteiger partial charge in [-0.1, -0.05) is 54.6 Å². The predicted molar refractivity (Wildman–Crippen MR) is 124 cm³/mol. The molecule has 4 rings (SSSR count). The number of carbonyl (C=O) groups is 1. The molecule has 0 radical (unpaired) electrons. The summed E-state index contributed by atoms with van der Waals surface area (Å²) in [7, 11) is 0. The first-order valence-corrected chi connectivity index (χ1v) is 10.4. The highest BCUT2D eigenvalue weighted by Gasteiger charge is 2.23. The van der Waals surface area contributed by atoms with Gasteiger partial charge in [-0.25, -0.2) is 9.48 Å². The molecular formula is C26H25N3O3. The molecule has 2 N–H and O–H groups in total. The van der Waals surface area contributed by atoms with Crippen molar-refractivity contribution < 1.29 is 14.6 Å². The SMILES string of the molecule is Cc1cc(Nc2ccn(-c3ccccc3)n2)ccc1C(OC(C)C(=O)O)c1ccccc1. The Kier molecular flexibility index (Phi) is 6.33. The van der Waals surface area contributed by atoms with Crippen LogP contribution >= 0.6 is 0 Å². The van der Waals surface area contributed by atoms with Gasteiger partial charge in [0.2, 0.25) is 0 Å². The van der Waals surface area contributed by atoms with E-state index in [-0.39, 0.29) is 0 Å². The second-order valence-electron chi connectivity index (χ2n) is 7.58. The Labute approximate surface area is 187 Å². The van der Waals surface area contributed by atoms with E-state index in [1.54, 1.807) is 6.92 Å². The van der Waals surface area contributed by atoms with Crippen molar-refractivity contribution in [3.05, 3.63) is 108 Å². The largest absolute Gasteiger partial charge is 0.479 e. The summed E-state index contributed by atoms with van der Waals surface area (Å²) in [5.41, 5.74) is 4.70. The van der Waals surface area contributed by atoms with Gasteiger partial charge in [0.1, 0.15) is 6.10 Å². The molecule has 1 aromatic heterocycles. The minimum Gasteiger partial charge on any atom is -0.479 e. The molecule has 0 bridgehead atoms. The van der Waals surface area contributed by atoms with Crippen molar-refractivity contribution in [3.8, 4) is 5.69 Å². The number of aromatic nitrogens is 2. The van der Waals surface area contributed by atoms with Crippen LogP contribution in [0.5, 0.6) is 0 Å². The third-order valence-electron chi connectivity index (χ3n) is 5.22. The molecule has 2 atom stereocenters. The third-order valence-corrected chi connectivity index (χ3v) is 5.22. The Morgan fingerprint density at radius 1 is 1.00 bits per heavy atom. The summed E-state index contributed by atoms with van der Waals surface area (Å²) < 4.78 is 7.76. The maximum absolute atomic E-state index is 11.4. The molecule has 0 aliphatic carbocycles. The fourth-order valence-corrected chi connectivity index (χ4v) is 3.53. The van der Waals surface area contributed by atoms with E-state index in [1.165, 1.54) is 0 Å². The summed E-state index contributed by atoms with van der Waals surface area (Å²) >= 11 is 0. The molecule has 1 heterocycles. The Morgan fingerprint density at radius 2 is 1.69 bits per heavy atom. The van der Waals surface area contributed by atoms with Crippen LogP contribution in [0.15, 0.2) is 91.1 Å². The Balaban J connectivity index is 1.57. The normalized spacial score (nSPS) is 12.8. The lowest BCUT2D eigenvalue weighted by Gasteiger charge is -2.23. The van der Waals surface area contributed by atoms with Crippen molar-refractivity contribution in [2.24, 2.45) is 0 Å². The first-order chi connectivity index (χ1) is 15.5. The second-order valence-corrected chi connectivity index (χ2v) is 7.58. The molecular weight excluding hydrogens is 402 g/mol. The van der Waals surface area contributed by atoms with Crippen LogP contribution in [-0.2, 0) is 9.53 Å². The summed E-state index contributed by atoms with van der Waals surface area (Å²) in [4.78, 5) is 11.4. The third kappa shape index (κ3) is 4.87. The molecule has 2 unspecified atom stereocenters. The maximum atomic E-state index is 11.4. The highest BCUT2D eigenvalue weighted by Crippen LogP contribution is 2.31. The molecule has 4 aromatic rings. The highest BCUT2D eigenvalue weighted by atomic mass is 16.5. The van der Waals surface area contributed by atoms with Gasteiger partial charge in [-0.3, -0.25) is 0 Å². The molecule has 3 aromatic carbocycles. The number of rotatable bonds is 8. The van der Waals surface area contributed by atoms with E-state index in [0.29, 0.717) is 0 Å². The van der Waals surface area contributed by atoms with Crippen molar-refractivity contribution >= 4 is 17.5 Å². The second kappa shape index (κ2) is 9.49. The minimum atomic E-state index is -0.990. The monoisotopic (exact) mass is 427 g/mol. The maximum Gasteiger partial charge on any atom is 0.332 e. The number of nitrogens with one attached hydrogen (secondary N) is 1. The number of carboxylic acid groups (broad SMARTS) is 1. The summed E-state index contributed by atoms with van der Waals surface area (Å²) in [5.74, 6) is -0.257. The minimum absolute atomic E-state index is 0.478. The van der Waals surface area contributed by atoms with Crippen LogP contribution in [0.2, 0.25) is 0 Å². The van der Waals surface area contributed by atoms with Gasteiger partial charge in [0.05, 0.1) is 5.69 Å². The number of aliphatic carboxylic acids is 1. The molecule has 0 aliphatic rings. The van der Waals surface area contributed by atoms with Crippen molar-refractivity contribution in [2.45, 2.75) is 26.1 Å². The molecule has 32 heavy (non-hydrogen) atoms. The summed E-state index contributed by atoms with van der Waals surface area (Å²) in [6.07, 6.45) is 0.499. The average Bonchev–Trinajstić information content (AvgIpc) is 3.27. The molecule has 0 saturated heterocycles. The Hall–Kier alpha value is -3.90. The van der Waals surface area contributed by atoms with Gasteiger partial charge in [-0.15, -0.1) is 0 Å². The van der Waals surface area contributed by atoms with Gasteiger partial charge in [0.15, 0.2) is 11.9 Å². The standard InChI is InChI=1S/C26H25N3O3/c1-18-17-21(27-24-15-16-29(28-24)22-11-7-4-8-12-22)13-14-23(18)25(32-19(2)26(30)31)20-9-5-3-6-10-20/h3-17,19,25H,1-2H3,(H,27,28)(H,30,31). The number of aryl methyl sites for hydroxylation is 1. The molecule has 0 fully saturated rings. The number of ether oxygens (including phenoxy) is 1. The van der Waals surface area contributed by atoms with Gasteiger partial charge < -0.3 is 15.2 Å². The molecule has 162 valence electrons. The smallest absolute Gasteiger partial charge is 0.332 e. The van der Waals surface area contributed by atoms with E-state index in [4.69, 9.17) is 4.74 Å². The predicted octanol–water partition coefficient (Wildman–Crippen LogP) is 5.50. The van der Waals surface area contributed by atoms with E-state index in [2.05, 4.69) is 10.4 Å². The first-order valence-electron chi connectivity index (χ1n) is 10.4. The molecule has 0 spiro atoms. The number of nitrogens with zero attached hydrogens (tertiary/aromatic N) is 2. The van der Waals surface area contributed by atoms with E-state index >= 15 is 0 Å². The molecule has 6 nitrogen and oxygen atoms in total. The number of hydrogen-bond acceptors (Lipinski definition) is 4. The van der Waals surface area contributed by atoms with Crippen molar-refractivity contribution in [1.29, 1.82) is 0 Å². The quantitative estimate of drug-likeness (QED) is 0.388. The zero-order chi connectivity index (χ0) is 22.5. The lowest BCUT2D eigenvalue weighted by molar-refractivity contribution is -0.151. The first kappa shape index (κ1) is 21.3. The molecule has 0 aliphatic heterocycles. The van der Waals surface area contributed by atoms with Crippen LogP contribution in [0.3, 0.4) is 0 Å². The van der Waals surface area contributed by atoms with Crippen LogP contribution in [0.4, 0.5) is 11.5 Å². The van der Waals surface area contributed by atoms with Gasteiger partial charge in [-0.2, -0.15) is 5.10 Å². The Morgan fingerprint density at radius 3 is 2.34 bits per heavy atom. The summed E-state index contributed by atoms with van der Waals surface area (Å²) in [5, 5.41) is 17.3. The molecule has 0 saturated carbocycles. The van der Waals surface area contributed by atoms with Gasteiger partial charge >= 0.3 is 5.97 Å². The van der Waals surface area contributed by atoms with E-state index in [1.807, 2.05) is 103 Å². The highest BCUT2D eigenvalue weighted by molar-refractivity contribution is 5.71. The van der Waals surface area contributed by atoms with Gasteiger partial charge in [0, 0.05) is 18.0 Å². The topological polar surface area (TPSA) is 76.4 Å². The number of hydrogen-bond donors (Lipinski definition) is 2. The number of benzene rings is 3. The van der Waals surface area contributed by atoms with Crippen molar-refractivity contribution in [3.63, 3.8) is 0 Å². The average molecular weight is 428 g/mol. The molecule has 0 amide bonds. The fourth-order valence-electron chi connectivity index (χ4n) is 3.53. The summed E-state index contributed by atoms with van der Waals surface area (Å²) in [6, 6.07) is 27.4. The lowest BCUT2D eigenvalue weighted by Crippen LogP contribution is -2.23. The van der Waals surface area contributed by atoms with Gasteiger partial charge in [0.25, 0.3) is 0 Å². The summed E-state index contributed by atoms with van der Waals surface area (Å²) in [6.45, 7) is 3.54. The number of para-hydroxylation sites is 1. The van der Waals surface area contributed by atoms with Crippen LogP contribution < -0.4 is 5.32 Å². The van der Waals surface area contributed by atoms with Crippen LogP contribution in [0.25, 0.3) is 5.69 Å². The van der Waals surface area contributed by atoms with Crippen molar-refractivity contribution in [1.82, 2.24) is 9.78 Å². The fraction of sp³-hybridized carbons (Fsp3) is 0.154. The zero-order valence-corrected chi connectivity index (χ0v) is 18.0. The van der Waals surface area contributed by atoms with E-state index < -0.39 is 18.2 Å². The van der Waals surface area contributed by atoms with Crippen LogP contribution in [-0.4, -0.2) is 27.0 Å². The van der Waals surface area contributed by atoms with E-state index in [9.17, 15) is 9.90 Å². The van der Waals surface area contributed by atoms with E-state index in [0.717, 1.165) is 33.9 Å². The number of carboxylic acids is 1. The van der Waals surface area contributed by atoms with Gasteiger partial charge in [-0.05, 0) is 54.8 Å². The van der Waals surface area contributed by atoms with Crippen molar-refractivity contribution in [2.75, 3.05) is 5.32 Å². The number of anilines is 2. The van der Waals surface area contributed by atoms with Crippen LogP contribution in [0, 0.1) is 6.92 Å². The molecule has 6 heteroatoms. The zero-order valence-electron chi connectivity index (χ0n) is 18.0.